The van der Waals surface area contributed by atoms with Crippen LogP contribution in [0.4, 0.5) is 0 Å². The van der Waals surface area contributed by atoms with Crippen molar-refractivity contribution < 1.29 is 4.42 Å². The van der Waals surface area contributed by atoms with Crippen LogP contribution in [-0.2, 0) is 6.54 Å². The smallest absolute Gasteiger partial charge is 0.152 e. The molecule has 2 N–H and O–H groups in total. The standard InChI is InChI=1S/C16H25N3O/c1-5-13(6-2)12(4)17-9-14-10-18-19-16(14)15-8-7-11(3)20-15/h7-8,10,12-13,17H,5-6,9H2,1-4H3,(H,18,19). The minimum atomic E-state index is 0.506. The van der Waals surface area contributed by atoms with E-state index in [4.69, 9.17) is 4.42 Å². The highest BCUT2D eigenvalue weighted by Gasteiger charge is 2.15. The molecule has 0 aliphatic rings. The van der Waals surface area contributed by atoms with Gasteiger partial charge in [0.25, 0.3) is 0 Å². The number of aromatic nitrogens is 2. The van der Waals surface area contributed by atoms with Crippen molar-refractivity contribution in [3.8, 4) is 11.5 Å². The second-order valence-corrected chi connectivity index (χ2v) is 5.43. The molecule has 0 saturated heterocycles. The number of aryl methyl sites for hydroxylation is 1. The van der Waals surface area contributed by atoms with Crippen LogP contribution in [0.2, 0.25) is 0 Å². The molecule has 20 heavy (non-hydrogen) atoms. The van der Waals surface area contributed by atoms with Crippen LogP contribution in [0, 0.1) is 12.8 Å². The molecule has 0 amide bonds. The van der Waals surface area contributed by atoms with Crippen molar-refractivity contribution in [2.75, 3.05) is 0 Å². The number of H-pyrrole nitrogens is 1. The van der Waals surface area contributed by atoms with Crippen molar-refractivity contribution in [1.29, 1.82) is 0 Å². The highest BCUT2D eigenvalue weighted by atomic mass is 16.3. The molecule has 2 rings (SSSR count). The summed E-state index contributed by atoms with van der Waals surface area (Å²) in [6.07, 6.45) is 4.29. The molecule has 2 heterocycles. The lowest BCUT2D eigenvalue weighted by Gasteiger charge is -2.22. The molecule has 0 spiro atoms. The van der Waals surface area contributed by atoms with Crippen LogP contribution in [0.3, 0.4) is 0 Å². The van der Waals surface area contributed by atoms with E-state index in [1.807, 2.05) is 25.3 Å². The SMILES string of the molecule is CCC(CC)C(C)NCc1cn[nH]c1-c1ccc(C)o1. The minimum absolute atomic E-state index is 0.506. The molecule has 0 aliphatic heterocycles. The Labute approximate surface area is 121 Å². The van der Waals surface area contributed by atoms with E-state index in [9.17, 15) is 0 Å². The largest absolute Gasteiger partial charge is 0.460 e. The van der Waals surface area contributed by atoms with E-state index in [1.165, 1.54) is 12.8 Å². The van der Waals surface area contributed by atoms with Crippen molar-refractivity contribution in [1.82, 2.24) is 15.5 Å². The molecule has 0 radical (unpaired) electrons. The summed E-state index contributed by atoms with van der Waals surface area (Å²) in [7, 11) is 0. The Morgan fingerprint density at radius 2 is 2.05 bits per heavy atom. The van der Waals surface area contributed by atoms with Gasteiger partial charge in [-0.2, -0.15) is 5.10 Å². The molecule has 2 aromatic rings. The van der Waals surface area contributed by atoms with Crippen LogP contribution >= 0.6 is 0 Å². The van der Waals surface area contributed by atoms with E-state index in [2.05, 4.69) is 36.3 Å². The highest BCUT2D eigenvalue weighted by molar-refractivity contribution is 5.56. The zero-order chi connectivity index (χ0) is 14.5. The van der Waals surface area contributed by atoms with Gasteiger partial charge >= 0.3 is 0 Å². The summed E-state index contributed by atoms with van der Waals surface area (Å²) < 4.78 is 5.67. The van der Waals surface area contributed by atoms with E-state index >= 15 is 0 Å². The molecule has 4 heteroatoms. The molecule has 0 aliphatic carbocycles. The quantitative estimate of drug-likeness (QED) is 0.806. The van der Waals surface area contributed by atoms with Crippen molar-refractivity contribution >= 4 is 0 Å². The van der Waals surface area contributed by atoms with Crippen molar-refractivity contribution in [3.63, 3.8) is 0 Å². The van der Waals surface area contributed by atoms with Gasteiger partial charge < -0.3 is 9.73 Å². The lowest BCUT2D eigenvalue weighted by atomic mass is 9.95. The van der Waals surface area contributed by atoms with Crippen molar-refractivity contribution in [2.45, 2.75) is 53.1 Å². The van der Waals surface area contributed by atoms with E-state index in [0.29, 0.717) is 6.04 Å². The van der Waals surface area contributed by atoms with Gasteiger partial charge in [0.05, 0.1) is 6.20 Å². The Morgan fingerprint density at radius 3 is 2.65 bits per heavy atom. The van der Waals surface area contributed by atoms with E-state index in [-0.39, 0.29) is 0 Å². The van der Waals surface area contributed by atoms with Crippen LogP contribution < -0.4 is 5.32 Å². The first-order valence-corrected chi connectivity index (χ1v) is 7.48. The summed E-state index contributed by atoms with van der Waals surface area (Å²) in [5, 5.41) is 10.8. The van der Waals surface area contributed by atoms with Gasteiger partial charge in [0.15, 0.2) is 5.76 Å². The van der Waals surface area contributed by atoms with Gasteiger partial charge in [0.2, 0.25) is 0 Å². The zero-order valence-electron chi connectivity index (χ0n) is 12.9. The highest BCUT2D eigenvalue weighted by Crippen LogP contribution is 2.23. The van der Waals surface area contributed by atoms with Gasteiger partial charge in [-0.05, 0) is 31.9 Å². The third kappa shape index (κ3) is 3.31. The van der Waals surface area contributed by atoms with Gasteiger partial charge in [-0.3, -0.25) is 5.10 Å². The summed E-state index contributed by atoms with van der Waals surface area (Å²) in [5.41, 5.74) is 2.12. The van der Waals surface area contributed by atoms with Gasteiger partial charge in [-0.25, -0.2) is 0 Å². The normalized spacial score (nSPS) is 13.1. The predicted molar refractivity (Wildman–Crippen MR) is 81.4 cm³/mol. The fourth-order valence-corrected chi connectivity index (χ4v) is 2.66. The van der Waals surface area contributed by atoms with E-state index < -0.39 is 0 Å². The zero-order valence-corrected chi connectivity index (χ0v) is 12.9. The maximum Gasteiger partial charge on any atom is 0.152 e. The summed E-state index contributed by atoms with van der Waals surface area (Å²) >= 11 is 0. The van der Waals surface area contributed by atoms with Gasteiger partial charge in [-0.1, -0.05) is 26.7 Å². The maximum absolute atomic E-state index is 5.67. The molecule has 0 bridgehead atoms. The number of hydrogen-bond donors (Lipinski definition) is 2. The average molecular weight is 275 g/mol. The number of rotatable bonds is 7. The monoisotopic (exact) mass is 275 g/mol. The van der Waals surface area contributed by atoms with Gasteiger partial charge in [0, 0.05) is 18.2 Å². The Morgan fingerprint density at radius 1 is 1.30 bits per heavy atom. The lowest BCUT2D eigenvalue weighted by Crippen LogP contribution is -2.32. The number of nitrogens with zero attached hydrogens (tertiary/aromatic N) is 1. The molecule has 1 atom stereocenters. The fourth-order valence-electron chi connectivity index (χ4n) is 2.66. The van der Waals surface area contributed by atoms with Crippen LogP contribution in [0.15, 0.2) is 22.7 Å². The number of aromatic amines is 1. The summed E-state index contributed by atoms with van der Waals surface area (Å²) in [4.78, 5) is 0. The molecule has 2 aromatic heterocycles. The maximum atomic E-state index is 5.67. The second-order valence-electron chi connectivity index (χ2n) is 5.43. The molecular weight excluding hydrogens is 250 g/mol. The van der Waals surface area contributed by atoms with Crippen LogP contribution in [0.5, 0.6) is 0 Å². The fraction of sp³-hybridized carbons (Fsp3) is 0.562. The summed E-state index contributed by atoms with van der Waals surface area (Å²) in [6, 6.07) is 4.46. The second kappa shape index (κ2) is 6.75. The van der Waals surface area contributed by atoms with Crippen LogP contribution in [0.1, 0.15) is 44.9 Å². The first-order chi connectivity index (χ1) is 9.65. The molecule has 110 valence electrons. The lowest BCUT2D eigenvalue weighted by molar-refractivity contribution is 0.353. The molecular formula is C16H25N3O. The van der Waals surface area contributed by atoms with Crippen LogP contribution in [-0.4, -0.2) is 16.2 Å². The first kappa shape index (κ1) is 14.9. The van der Waals surface area contributed by atoms with Gasteiger partial charge in [0.1, 0.15) is 11.5 Å². The molecule has 0 fully saturated rings. The Kier molecular flexibility index (Phi) is 5.01. The van der Waals surface area contributed by atoms with Crippen LogP contribution in [0.25, 0.3) is 11.5 Å². The summed E-state index contributed by atoms with van der Waals surface area (Å²) in [5.74, 6) is 2.49. The number of nitrogens with one attached hydrogen (secondary N) is 2. The number of furan rings is 1. The third-order valence-corrected chi connectivity index (χ3v) is 4.07. The minimum Gasteiger partial charge on any atom is -0.460 e. The van der Waals surface area contributed by atoms with Crippen molar-refractivity contribution in [2.24, 2.45) is 5.92 Å². The van der Waals surface area contributed by atoms with Gasteiger partial charge in [-0.15, -0.1) is 0 Å². The topological polar surface area (TPSA) is 53.9 Å². The van der Waals surface area contributed by atoms with E-state index in [0.717, 1.165) is 35.2 Å². The first-order valence-electron chi connectivity index (χ1n) is 7.48. The van der Waals surface area contributed by atoms with E-state index in [1.54, 1.807) is 0 Å². The molecule has 1 unspecified atom stereocenters. The predicted octanol–water partition coefficient (Wildman–Crippen LogP) is 3.89. The molecule has 4 nitrogen and oxygen atoms in total. The summed E-state index contributed by atoms with van der Waals surface area (Å²) in [6.45, 7) is 9.52. The Bertz CT molecular complexity index is 525. The average Bonchev–Trinajstić information content (AvgIpc) is 3.06. The third-order valence-electron chi connectivity index (χ3n) is 4.07. The molecule has 0 aromatic carbocycles. The molecule has 0 saturated carbocycles. The number of hydrogen-bond acceptors (Lipinski definition) is 3. The Balaban J connectivity index is 2.03. The van der Waals surface area contributed by atoms with Crippen molar-refractivity contribution in [3.05, 3.63) is 29.7 Å². The Hall–Kier alpha value is -1.55.